The van der Waals surface area contributed by atoms with E-state index in [1.54, 1.807) is 7.11 Å². The quantitative estimate of drug-likeness (QED) is 0.179. The minimum atomic E-state index is 0.777. The zero-order valence-corrected chi connectivity index (χ0v) is 27.9. The number of para-hydroxylation sites is 4. The molecule has 0 spiro atoms. The lowest BCUT2D eigenvalue weighted by molar-refractivity contribution is 0.415. The number of nitrogens with zero attached hydrogens (tertiary/aromatic N) is 4. The molecule has 0 saturated heterocycles. The van der Waals surface area contributed by atoms with Crippen LogP contribution in [0.1, 0.15) is 0 Å². The molecule has 3 aromatic heterocycles. The van der Waals surface area contributed by atoms with Crippen LogP contribution in [0.3, 0.4) is 0 Å². The second-order valence-corrected chi connectivity index (χ2v) is 12.8. The fourth-order valence-electron chi connectivity index (χ4n) is 7.76. The Bertz CT molecular complexity index is 2640. The third-order valence-electron chi connectivity index (χ3n) is 10.0. The SMILES string of the molecule is COc1cc(N(c2ccc(-n3c4ccccc4c4ccccc43)cc2)c2ccc(-n3c4ccccc4c4ccccc43)cc2)c2ncccc2c1. The van der Waals surface area contributed by atoms with Gasteiger partial charge in [0.15, 0.2) is 0 Å². The lowest BCUT2D eigenvalue weighted by Gasteiger charge is -2.27. The first kappa shape index (κ1) is 29.1. The normalized spacial score (nSPS) is 11.6. The summed E-state index contributed by atoms with van der Waals surface area (Å²) in [5.41, 5.74) is 10.8. The van der Waals surface area contributed by atoms with Gasteiger partial charge in [0.05, 0.1) is 40.4 Å². The van der Waals surface area contributed by atoms with Crippen molar-refractivity contribution in [3.63, 3.8) is 0 Å². The molecule has 0 fully saturated rings. The van der Waals surface area contributed by atoms with Gasteiger partial charge in [-0.15, -0.1) is 0 Å². The van der Waals surface area contributed by atoms with E-state index in [1.165, 1.54) is 43.6 Å². The Hall–Kier alpha value is -6.85. The molecule has 5 heteroatoms. The van der Waals surface area contributed by atoms with Crippen molar-refractivity contribution in [3.8, 4) is 17.1 Å². The fraction of sp³-hybridized carbons (Fsp3) is 0.0217. The minimum Gasteiger partial charge on any atom is -0.497 e. The highest BCUT2D eigenvalue weighted by atomic mass is 16.5. The topological polar surface area (TPSA) is 35.2 Å². The summed E-state index contributed by atoms with van der Waals surface area (Å²) in [4.78, 5) is 7.16. The molecule has 0 aliphatic rings. The summed E-state index contributed by atoms with van der Waals surface area (Å²) in [5.74, 6) is 0.777. The van der Waals surface area contributed by atoms with Crippen molar-refractivity contribution in [1.82, 2.24) is 14.1 Å². The molecule has 0 bridgehead atoms. The fourth-order valence-corrected chi connectivity index (χ4v) is 7.76. The predicted octanol–water partition coefficient (Wildman–Crippen LogP) is 11.9. The maximum atomic E-state index is 5.82. The van der Waals surface area contributed by atoms with Crippen molar-refractivity contribution in [2.24, 2.45) is 0 Å². The first-order chi connectivity index (χ1) is 25.3. The third-order valence-corrected chi connectivity index (χ3v) is 10.0. The van der Waals surface area contributed by atoms with Gasteiger partial charge in [-0.1, -0.05) is 78.9 Å². The van der Waals surface area contributed by atoms with E-state index < -0.39 is 0 Å². The van der Waals surface area contributed by atoms with E-state index in [0.29, 0.717) is 0 Å². The number of hydrogen-bond acceptors (Lipinski definition) is 3. The Morgan fingerprint density at radius 1 is 0.471 bits per heavy atom. The smallest absolute Gasteiger partial charge is 0.121 e. The number of methoxy groups -OCH3 is 1. The van der Waals surface area contributed by atoms with Crippen LogP contribution in [-0.4, -0.2) is 21.2 Å². The third kappa shape index (κ3) is 4.59. The molecule has 0 saturated carbocycles. The Morgan fingerprint density at radius 3 is 1.33 bits per heavy atom. The summed E-state index contributed by atoms with van der Waals surface area (Å²) in [7, 11) is 1.71. The van der Waals surface area contributed by atoms with Crippen LogP contribution in [0.5, 0.6) is 5.75 Å². The van der Waals surface area contributed by atoms with Crippen molar-refractivity contribution in [2.45, 2.75) is 0 Å². The molecule has 51 heavy (non-hydrogen) atoms. The van der Waals surface area contributed by atoms with Gasteiger partial charge in [-0.2, -0.15) is 0 Å². The van der Waals surface area contributed by atoms with Crippen LogP contribution in [-0.2, 0) is 0 Å². The second-order valence-electron chi connectivity index (χ2n) is 12.8. The van der Waals surface area contributed by atoms with Crippen molar-refractivity contribution in [3.05, 3.63) is 176 Å². The summed E-state index contributed by atoms with van der Waals surface area (Å²) >= 11 is 0. The molecule has 242 valence electrons. The first-order valence-corrected chi connectivity index (χ1v) is 17.2. The summed E-state index contributed by atoms with van der Waals surface area (Å²) in [6, 6.07) is 60.3. The number of aromatic nitrogens is 3. The summed E-state index contributed by atoms with van der Waals surface area (Å²) in [6.07, 6.45) is 1.85. The molecule has 0 aliphatic carbocycles. The second kappa shape index (κ2) is 11.6. The monoisotopic (exact) mass is 656 g/mol. The molecule has 0 amide bonds. The van der Waals surface area contributed by atoms with Crippen LogP contribution >= 0.6 is 0 Å². The highest BCUT2D eigenvalue weighted by Gasteiger charge is 2.20. The number of anilines is 3. The van der Waals surface area contributed by atoms with Crippen molar-refractivity contribution >= 4 is 71.6 Å². The minimum absolute atomic E-state index is 0.777. The number of benzene rings is 7. The van der Waals surface area contributed by atoms with Crippen molar-refractivity contribution < 1.29 is 4.74 Å². The van der Waals surface area contributed by atoms with E-state index in [4.69, 9.17) is 9.72 Å². The van der Waals surface area contributed by atoms with E-state index >= 15 is 0 Å². The molecule has 0 radical (unpaired) electrons. The molecule has 0 unspecified atom stereocenters. The number of pyridine rings is 1. The molecule has 5 nitrogen and oxygen atoms in total. The first-order valence-electron chi connectivity index (χ1n) is 17.2. The lowest BCUT2D eigenvalue weighted by Crippen LogP contribution is -2.11. The Kier molecular flexibility index (Phi) is 6.64. The summed E-state index contributed by atoms with van der Waals surface area (Å²) < 4.78 is 10.5. The molecule has 0 atom stereocenters. The average Bonchev–Trinajstić information content (AvgIpc) is 3.72. The zero-order valence-electron chi connectivity index (χ0n) is 27.9. The van der Waals surface area contributed by atoms with Crippen LogP contribution in [0.2, 0.25) is 0 Å². The van der Waals surface area contributed by atoms with Crippen LogP contribution in [0, 0.1) is 0 Å². The average molecular weight is 657 g/mol. The molecule has 7 aromatic carbocycles. The lowest BCUT2D eigenvalue weighted by atomic mass is 10.1. The van der Waals surface area contributed by atoms with Gasteiger partial charge in [0.25, 0.3) is 0 Å². The van der Waals surface area contributed by atoms with E-state index in [0.717, 1.165) is 45.1 Å². The zero-order chi connectivity index (χ0) is 33.9. The largest absolute Gasteiger partial charge is 0.497 e. The maximum absolute atomic E-state index is 5.82. The van der Waals surface area contributed by atoms with Gasteiger partial charge in [0.1, 0.15) is 5.75 Å². The number of fused-ring (bicyclic) bond motifs is 7. The molecular formula is C46H32N4O. The number of ether oxygens (including phenoxy) is 1. The highest BCUT2D eigenvalue weighted by Crippen LogP contribution is 2.42. The standard InChI is InChI=1S/C46H32N4O/c1-51-36-29-31-11-10-28-47-46(31)45(30-36)48(32-20-24-34(25-21-32)49-41-16-6-2-12-37(41)38-13-3-7-17-42(38)49)33-22-26-35(27-23-33)50-43-18-8-4-14-39(43)40-15-5-9-19-44(40)50/h2-30H,1H3. The van der Waals surface area contributed by atoms with Crippen LogP contribution in [0.4, 0.5) is 17.1 Å². The molecule has 0 N–H and O–H groups in total. The van der Waals surface area contributed by atoms with Gasteiger partial charge in [-0.25, -0.2) is 0 Å². The van der Waals surface area contributed by atoms with Gasteiger partial charge in [-0.3, -0.25) is 4.98 Å². The van der Waals surface area contributed by atoms with Gasteiger partial charge < -0.3 is 18.8 Å². The van der Waals surface area contributed by atoms with Gasteiger partial charge in [-0.05, 0) is 84.9 Å². The van der Waals surface area contributed by atoms with Gasteiger partial charge in [0.2, 0.25) is 0 Å². The number of hydrogen-bond donors (Lipinski definition) is 0. The molecular weight excluding hydrogens is 625 g/mol. The maximum Gasteiger partial charge on any atom is 0.121 e. The summed E-state index contributed by atoms with van der Waals surface area (Å²) in [5, 5.41) is 6.00. The van der Waals surface area contributed by atoms with Crippen molar-refractivity contribution in [1.29, 1.82) is 0 Å². The summed E-state index contributed by atoms with van der Waals surface area (Å²) in [6.45, 7) is 0. The van der Waals surface area contributed by atoms with E-state index in [-0.39, 0.29) is 0 Å². The van der Waals surface area contributed by atoms with Crippen molar-refractivity contribution in [2.75, 3.05) is 12.0 Å². The Morgan fingerprint density at radius 2 is 0.902 bits per heavy atom. The van der Waals surface area contributed by atoms with E-state index in [9.17, 15) is 0 Å². The predicted molar refractivity (Wildman–Crippen MR) is 212 cm³/mol. The molecule has 10 aromatic rings. The van der Waals surface area contributed by atoms with E-state index in [2.05, 4.69) is 172 Å². The van der Waals surface area contributed by atoms with Crippen LogP contribution < -0.4 is 9.64 Å². The Balaban J connectivity index is 1.15. The molecule has 3 heterocycles. The van der Waals surface area contributed by atoms with Gasteiger partial charge in [0, 0.05) is 61.9 Å². The van der Waals surface area contributed by atoms with Crippen LogP contribution in [0.25, 0.3) is 65.9 Å². The highest BCUT2D eigenvalue weighted by molar-refractivity contribution is 6.10. The molecule has 0 aliphatic heterocycles. The number of rotatable bonds is 6. The van der Waals surface area contributed by atoms with E-state index in [1.807, 2.05) is 18.3 Å². The molecule has 10 rings (SSSR count). The Labute approximate surface area is 294 Å². The van der Waals surface area contributed by atoms with Crippen LogP contribution in [0.15, 0.2) is 176 Å². The van der Waals surface area contributed by atoms with Gasteiger partial charge >= 0.3 is 0 Å².